The highest BCUT2D eigenvalue weighted by Gasteiger charge is 2.46. The Balaban J connectivity index is 2.31. The maximum Gasteiger partial charge on any atom is 0.344 e. The Bertz CT molecular complexity index is 839. The number of hydrogen-bond donors (Lipinski definition) is 1. The SMILES string of the molecule is [2H]OC(C(=O)OC([2H])([2H])C#CCN(C([2H])([2H])C)C([2H])([2H])C)(c1ccccc1)C1CCCCC1. The van der Waals surface area contributed by atoms with E-state index in [9.17, 15) is 4.79 Å². The van der Waals surface area contributed by atoms with Crippen LogP contribution in [0.3, 0.4) is 0 Å². The van der Waals surface area contributed by atoms with Gasteiger partial charge in [0.25, 0.3) is 0 Å². The monoisotopic (exact) mass is 364 g/mol. The van der Waals surface area contributed by atoms with E-state index in [2.05, 4.69) is 11.8 Å². The minimum absolute atomic E-state index is 0.363. The second-order valence-corrected chi connectivity index (χ2v) is 6.26. The van der Waals surface area contributed by atoms with Crippen molar-refractivity contribution in [3.63, 3.8) is 0 Å². The fourth-order valence-corrected chi connectivity index (χ4v) is 3.29. The molecule has 1 unspecified atom stereocenters. The fraction of sp³-hybridized carbons (Fsp3) is 0.591. The maximum atomic E-state index is 13.3. The van der Waals surface area contributed by atoms with Crippen LogP contribution < -0.4 is 0 Å². The standard InChI is InChI=1S/C22H31NO3/c1-3-23(4-2)17-11-12-18-26-21(24)22(25,19-13-7-5-8-14-19)20-15-9-6-10-16-20/h5,7-8,13-14,20,25H,3-4,6,9-10,15-18H2,1-2H3/i3D2,4D2,18D2,25D. The summed E-state index contributed by atoms with van der Waals surface area (Å²) in [4.78, 5) is 14.1. The second-order valence-electron chi connectivity index (χ2n) is 6.26. The van der Waals surface area contributed by atoms with Gasteiger partial charge in [-0.05, 0) is 31.4 Å². The zero-order chi connectivity index (χ0) is 24.9. The van der Waals surface area contributed by atoms with E-state index in [1.165, 1.54) is 13.8 Å². The van der Waals surface area contributed by atoms with Crippen molar-refractivity contribution in [1.82, 2.24) is 4.90 Å². The number of hydrogen-bond acceptors (Lipinski definition) is 4. The Morgan fingerprint density at radius 1 is 1.27 bits per heavy atom. The zero-order valence-electron chi connectivity index (χ0n) is 22.4. The van der Waals surface area contributed by atoms with E-state index in [0.717, 1.165) is 24.2 Å². The highest BCUT2D eigenvalue weighted by Crippen LogP contribution is 2.40. The lowest BCUT2D eigenvalue weighted by Gasteiger charge is -2.36. The molecule has 0 radical (unpaired) electrons. The van der Waals surface area contributed by atoms with Gasteiger partial charge in [0, 0.05) is 11.4 Å². The van der Waals surface area contributed by atoms with Gasteiger partial charge in [-0.1, -0.05) is 75.3 Å². The van der Waals surface area contributed by atoms with Crippen LogP contribution in [-0.2, 0) is 15.1 Å². The first kappa shape index (κ1) is 12.5. The second kappa shape index (κ2) is 10.4. The molecule has 0 aromatic heterocycles. The van der Waals surface area contributed by atoms with Gasteiger partial charge < -0.3 is 9.85 Å². The van der Waals surface area contributed by atoms with Crippen LogP contribution in [0.1, 0.15) is 59.7 Å². The molecule has 142 valence electrons. The summed E-state index contributed by atoms with van der Waals surface area (Å²) >= 11 is 0. The van der Waals surface area contributed by atoms with Crippen LogP contribution in [0.4, 0.5) is 0 Å². The summed E-state index contributed by atoms with van der Waals surface area (Å²) in [7, 11) is 0. The number of esters is 1. The third kappa shape index (κ3) is 5.09. The van der Waals surface area contributed by atoms with E-state index in [4.69, 9.17) is 19.5 Å². The van der Waals surface area contributed by atoms with E-state index in [1.807, 2.05) is 0 Å². The number of ether oxygens (including phenoxy) is 1. The number of carbonyl (C=O) groups excluding carboxylic acids is 1. The molecule has 0 bridgehead atoms. The highest BCUT2D eigenvalue weighted by atomic mass is 16.5. The molecule has 0 amide bonds. The normalized spacial score (nSPS) is 22.8. The molecule has 2 rings (SSSR count). The molecule has 1 aromatic carbocycles. The molecule has 1 aliphatic rings. The van der Waals surface area contributed by atoms with Crippen LogP contribution in [0.5, 0.6) is 0 Å². The van der Waals surface area contributed by atoms with Crippen molar-refractivity contribution in [3.05, 3.63) is 35.9 Å². The molecule has 4 heteroatoms. The van der Waals surface area contributed by atoms with Gasteiger partial charge in [-0.2, -0.15) is 0 Å². The van der Waals surface area contributed by atoms with Crippen LogP contribution in [-0.4, -0.2) is 43.5 Å². The molecule has 1 saturated carbocycles. The Labute approximate surface area is 167 Å². The summed E-state index contributed by atoms with van der Waals surface area (Å²) in [5, 5.41) is 5.06. The molecule has 1 aromatic rings. The van der Waals surface area contributed by atoms with E-state index in [-0.39, 0.29) is 5.92 Å². The van der Waals surface area contributed by atoms with Gasteiger partial charge in [0.15, 0.2) is 12.2 Å². The van der Waals surface area contributed by atoms with Crippen LogP contribution >= 0.6 is 0 Å². The maximum absolute atomic E-state index is 13.3. The van der Waals surface area contributed by atoms with Crippen molar-refractivity contribution in [2.45, 2.75) is 51.6 Å². The Kier molecular flexibility index (Phi) is 4.99. The highest BCUT2D eigenvalue weighted by molar-refractivity contribution is 5.81. The lowest BCUT2D eigenvalue weighted by Crippen LogP contribution is -2.45. The van der Waals surface area contributed by atoms with E-state index in [1.54, 1.807) is 30.3 Å². The predicted molar refractivity (Wildman–Crippen MR) is 103 cm³/mol. The smallest absolute Gasteiger partial charge is 0.344 e. The van der Waals surface area contributed by atoms with E-state index >= 15 is 0 Å². The molecule has 0 spiro atoms. The number of carbonyl (C=O) groups is 1. The Morgan fingerprint density at radius 3 is 2.58 bits per heavy atom. The number of nitrogens with zero attached hydrogens (tertiary/aromatic N) is 1. The lowest BCUT2D eigenvalue weighted by molar-refractivity contribution is -0.174. The van der Waals surface area contributed by atoms with Gasteiger partial charge in [-0.15, -0.1) is 0 Å². The van der Waals surface area contributed by atoms with Crippen molar-refractivity contribution in [3.8, 4) is 11.8 Å². The molecular weight excluding hydrogens is 326 g/mol. The summed E-state index contributed by atoms with van der Waals surface area (Å²) < 4.78 is 60.2. The minimum atomic E-state index is -2.75. The average molecular weight is 365 g/mol. The van der Waals surface area contributed by atoms with Gasteiger partial charge in [0.1, 0.15) is 0 Å². The molecule has 0 heterocycles. The zero-order valence-corrected chi connectivity index (χ0v) is 15.4. The molecule has 26 heavy (non-hydrogen) atoms. The van der Waals surface area contributed by atoms with Crippen molar-refractivity contribution in [1.29, 1.82) is 1.43 Å². The first-order valence-electron chi connectivity index (χ1n) is 12.4. The van der Waals surface area contributed by atoms with Gasteiger partial charge in [0.2, 0.25) is 1.43 Å². The van der Waals surface area contributed by atoms with Crippen LogP contribution in [0.2, 0.25) is 0 Å². The van der Waals surface area contributed by atoms with Gasteiger partial charge >= 0.3 is 5.97 Å². The summed E-state index contributed by atoms with van der Waals surface area (Å²) in [5.41, 5.74) is -1.39. The Morgan fingerprint density at radius 2 is 1.96 bits per heavy atom. The topological polar surface area (TPSA) is 49.8 Å². The molecule has 0 aliphatic heterocycles. The molecule has 1 aliphatic carbocycles. The van der Waals surface area contributed by atoms with Gasteiger partial charge in [0.05, 0.1) is 9.29 Å². The molecule has 4 nitrogen and oxygen atoms in total. The summed E-state index contributed by atoms with van der Waals surface area (Å²) in [6.07, 6.45) is 3.98. The number of aliphatic hydroxyl groups is 1. The van der Waals surface area contributed by atoms with Crippen LogP contribution in [0, 0.1) is 17.8 Å². The third-order valence-corrected chi connectivity index (χ3v) is 4.75. The summed E-state index contributed by atoms with van der Waals surface area (Å²) in [6.45, 7) is -4.91. The van der Waals surface area contributed by atoms with E-state index < -0.39 is 37.7 Å². The summed E-state index contributed by atoms with van der Waals surface area (Å²) in [5.74, 6) is 3.14. The summed E-state index contributed by atoms with van der Waals surface area (Å²) in [6, 6.07) is 8.48. The first-order valence-corrected chi connectivity index (χ1v) is 8.95. The van der Waals surface area contributed by atoms with Crippen molar-refractivity contribution >= 4 is 5.97 Å². The lowest BCUT2D eigenvalue weighted by atomic mass is 9.73. The minimum Gasteiger partial charge on any atom is -0.450 e. The molecule has 1 N–H and O–H groups in total. The first-order chi connectivity index (χ1) is 15.2. The van der Waals surface area contributed by atoms with Gasteiger partial charge in [-0.25, -0.2) is 4.79 Å². The van der Waals surface area contributed by atoms with Crippen LogP contribution in [0.15, 0.2) is 30.3 Å². The molecule has 1 atom stereocenters. The average Bonchev–Trinajstić information content (AvgIpc) is 2.71. The number of benzene rings is 1. The van der Waals surface area contributed by atoms with Crippen molar-refractivity contribution in [2.24, 2.45) is 5.92 Å². The molecular formula is C22H31NO3. The molecule has 1 fully saturated rings. The predicted octanol–water partition coefficient (Wildman–Crippen LogP) is 3.34. The third-order valence-electron chi connectivity index (χ3n) is 4.75. The Hall–Kier alpha value is -1.83. The van der Waals surface area contributed by atoms with Crippen molar-refractivity contribution in [2.75, 3.05) is 26.1 Å². The quantitative estimate of drug-likeness (QED) is 0.568. The largest absolute Gasteiger partial charge is 0.450 e. The molecule has 0 saturated heterocycles. The van der Waals surface area contributed by atoms with Crippen LogP contribution in [0.25, 0.3) is 0 Å². The fourth-order valence-electron chi connectivity index (χ4n) is 3.29. The van der Waals surface area contributed by atoms with E-state index in [0.29, 0.717) is 18.4 Å². The van der Waals surface area contributed by atoms with Crippen molar-refractivity contribution < 1.29 is 22.9 Å². The van der Waals surface area contributed by atoms with Gasteiger partial charge in [-0.3, -0.25) is 4.90 Å². The number of rotatable bonds is 8.